The second kappa shape index (κ2) is 8.83. The number of halogens is 1. The first-order chi connectivity index (χ1) is 16.0. The normalized spacial score (nSPS) is 16.5. The number of methoxy groups -OCH3 is 1. The summed E-state index contributed by atoms with van der Waals surface area (Å²) < 4.78 is 22.3. The van der Waals surface area contributed by atoms with E-state index in [9.17, 15) is 9.59 Å². The second-order valence-corrected chi connectivity index (χ2v) is 8.54. The fraction of sp³-hybridized carbons (Fsp3) is 0.308. The Morgan fingerprint density at radius 2 is 1.88 bits per heavy atom. The number of piperazine rings is 1. The number of nitrogens with zero attached hydrogens (tertiary/aromatic N) is 2. The molecule has 0 radical (unpaired) electrons. The van der Waals surface area contributed by atoms with Gasteiger partial charge in [-0.05, 0) is 61.4 Å². The van der Waals surface area contributed by atoms with Crippen molar-refractivity contribution in [1.82, 2.24) is 9.88 Å². The Balaban J connectivity index is 1.53. The summed E-state index contributed by atoms with van der Waals surface area (Å²) in [6, 6.07) is 10.3. The van der Waals surface area contributed by atoms with Gasteiger partial charge >= 0.3 is 0 Å². The zero-order valence-corrected chi connectivity index (χ0v) is 18.5. The molecule has 1 aromatic heterocycles. The predicted molar refractivity (Wildman–Crippen MR) is 128 cm³/mol. The van der Waals surface area contributed by atoms with Gasteiger partial charge in [0.1, 0.15) is 11.6 Å². The van der Waals surface area contributed by atoms with E-state index in [1.54, 1.807) is 37.6 Å². The lowest BCUT2D eigenvalue weighted by atomic mass is 10.1. The molecule has 0 bridgehead atoms. The Bertz CT molecular complexity index is 1290. The molecule has 2 aliphatic rings. The molecular weight excluding hydrogens is 421 g/mol. The monoisotopic (exact) mass is 447 g/mol. The minimum absolute atomic E-state index is 0.213. The van der Waals surface area contributed by atoms with Crippen LogP contribution >= 0.6 is 0 Å². The lowest BCUT2D eigenvalue weighted by molar-refractivity contribution is 0.104. The Hall–Kier alpha value is -3.45. The molecule has 0 spiro atoms. The highest BCUT2D eigenvalue weighted by Gasteiger charge is 2.26. The van der Waals surface area contributed by atoms with E-state index < -0.39 is 0 Å². The van der Waals surface area contributed by atoms with Gasteiger partial charge in [0.2, 0.25) is 0 Å². The number of ketones is 1. The summed E-state index contributed by atoms with van der Waals surface area (Å²) in [5.41, 5.74) is 1.89. The number of hydrogen-bond acceptors (Lipinski definition) is 5. The Labute approximate surface area is 191 Å². The van der Waals surface area contributed by atoms with Crippen molar-refractivity contribution in [3.05, 3.63) is 75.8 Å². The maximum atomic E-state index is 15.1. The molecule has 0 unspecified atom stereocenters. The predicted octanol–water partition coefficient (Wildman–Crippen LogP) is 3.79. The number of rotatable bonds is 6. The molecule has 33 heavy (non-hydrogen) atoms. The molecular formula is C26H26FN3O3. The van der Waals surface area contributed by atoms with Crippen molar-refractivity contribution in [3.63, 3.8) is 0 Å². The summed E-state index contributed by atoms with van der Waals surface area (Å²) in [6.45, 7) is 3.06. The maximum absolute atomic E-state index is 15.1. The Kier molecular flexibility index (Phi) is 5.72. The van der Waals surface area contributed by atoms with Crippen molar-refractivity contribution in [2.75, 3.05) is 38.2 Å². The summed E-state index contributed by atoms with van der Waals surface area (Å²) in [6.07, 6.45) is 6.78. The van der Waals surface area contributed by atoms with Gasteiger partial charge in [-0.3, -0.25) is 9.59 Å². The van der Waals surface area contributed by atoms with Gasteiger partial charge in [0.25, 0.3) is 0 Å². The molecule has 1 N–H and O–H groups in total. The van der Waals surface area contributed by atoms with E-state index in [0.717, 1.165) is 44.5 Å². The van der Waals surface area contributed by atoms with Gasteiger partial charge in [0, 0.05) is 54.9 Å². The minimum Gasteiger partial charge on any atom is -0.497 e. The van der Waals surface area contributed by atoms with Crippen LogP contribution in [0.3, 0.4) is 0 Å². The van der Waals surface area contributed by atoms with Gasteiger partial charge in [0.05, 0.1) is 18.3 Å². The van der Waals surface area contributed by atoms with Crippen LogP contribution in [-0.2, 0) is 0 Å². The maximum Gasteiger partial charge on any atom is 0.196 e. The quantitative estimate of drug-likeness (QED) is 0.460. The van der Waals surface area contributed by atoms with Crippen molar-refractivity contribution in [1.29, 1.82) is 0 Å². The number of anilines is 1. The van der Waals surface area contributed by atoms with E-state index in [1.165, 1.54) is 18.2 Å². The second-order valence-electron chi connectivity index (χ2n) is 8.54. The standard InChI is InChI=1S/C26H26FN3O3/c1-33-20-7-2-17(3-8-20)25(31)9-4-18-16-30(19-5-6-19)23-15-24(29-12-10-28-11-13-29)22(27)14-21(23)26(18)32/h2-4,7-9,14-16,19,28H,5-6,10-13H2,1H3/b9-4+. The molecule has 6 nitrogen and oxygen atoms in total. The van der Waals surface area contributed by atoms with Crippen LogP contribution in [0.15, 0.2) is 53.5 Å². The number of pyridine rings is 1. The molecule has 2 aromatic carbocycles. The molecule has 0 atom stereocenters. The third-order valence-corrected chi connectivity index (χ3v) is 6.32. The van der Waals surface area contributed by atoms with Crippen LogP contribution in [0.2, 0.25) is 0 Å². The number of fused-ring (bicyclic) bond motifs is 1. The molecule has 5 rings (SSSR count). The molecule has 2 fully saturated rings. The van der Waals surface area contributed by atoms with Gasteiger partial charge in [0.15, 0.2) is 11.2 Å². The van der Waals surface area contributed by atoms with E-state index in [2.05, 4.69) is 9.88 Å². The average Bonchev–Trinajstić information content (AvgIpc) is 3.69. The smallest absolute Gasteiger partial charge is 0.196 e. The summed E-state index contributed by atoms with van der Waals surface area (Å²) in [7, 11) is 1.57. The molecule has 0 amide bonds. The van der Waals surface area contributed by atoms with Crippen LogP contribution in [0.4, 0.5) is 10.1 Å². The van der Waals surface area contributed by atoms with Gasteiger partial charge in [-0.15, -0.1) is 0 Å². The molecule has 1 saturated carbocycles. The fourth-order valence-corrected chi connectivity index (χ4v) is 4.32. The van der Waals surface area contributed by atoms with Crippen molar-refractivity contribution in [2.24, 2.45) is 0 Å². The van der Waals surface area contributed by atoms with Gasteiger partial charge in [-0.1, -0.05) is 0 Å². The Morgan fingerprint density at radius 3 is 2.55 bits per heavy atom. The van der Waals surface area contributed by atoms with Crippen molar-refractivity contribution < 1.29 is 13.9 Å². The lowest BCUT2D eigenvalue weighted by Crippen LogP contribution is -2.43. The Morgan fingerprint density at radius 1 is 1.15 bits per heavy atom. The van der Waals surface area contributed by atoms with Gasteiger partial charge in [-0.2, -0.15) is 0 Å². The number of benzene rings is 2. The van der Waals surface area contributed by atoms with E-state index in [4.69, 9.17) is 4.74 Å². The fourth-order valence-electron chi connectivity index (χ4n) is 4.32. The number of hydrogen-bond donors (Lipinski definition) is 1. The van der Waals surface area contributed by atoms with E-state index in [0.29, 0.717) is 34.0 Å². The first kappa shape index (κ1) is 21.4. The van der Waals surface area contributed by atoms with Gasteiger partial charge in [-0.25, -0.2) is 4.39 Å². The first-order valence-corrected chi connectivity index (χ1v) is 11.3. The van der Waals surface area contributed by atoms with E-state index in [-0.39, 0.29) is 17.0 Å². The molecule has 170 valence electrons. The molecule has 1 aliphatic carbocycles. The minimum atomic E-state index is -0.390. The molecule has 1 aliphatic heterocycles. The summed E-state index contributed by atoms with van der Waals surface area (Å²) in [5, 5.41) is 3.62. The summed E-state index contributed by atoms with van der Waals surface area (Å²) in [4.78, 5) is 27.8. The SMILES string of the molecule is COc1ccc(C(=O)/C=C/c2cn(C3CC3)c3cc(N4CCNCC4)c(F)cc3c2=O)cc1. The zero-order chi connectivity index (χ0) is 22.9. The van der Waals surface area contributed by atoms with Crippen molar-refractivity contribution in [2.45, 2.75) is 18.9 Å². The summed E-state index contributed by atoms with van der Waals surface area (Å²) >= 11 is 0. The highest BCUT2D eigenvalue weighted by Crippen LogP contribution is 2.38. The van der Waals surface area contributed by atoms with Crippen molar-refractivity contribution >= 4 is 28.4 Å². The van der Waals surface area contributed by atoms with E-state index in [1.807, 2.05) is 11.0 Å². The molecule has 2 heterocycles. The highest BCUT2D eigenvalue weighted by atomic mass is 19.1. The highest BCUT2D eigenvalue weighted by molar-refractivity contribution is 6.07. The number of ether oxygens (including phenoxy) is 1. The number of carbonyl (C=O) groups is 1. The first-order valence-electron chi connectivity index (χ1n) is 11.3. The van der Waals surface area contributed by atoms with Crippen LogP contribution in [0, 0.1) is 5.82 Å². The third-order valence-electron chi connectivity index (χ3n) is 6.32. The zero-order valence-electron chi connectivity index (χ0n) is 18.5. The summed E-state index contributed by atoms with van der Waals surface area (Å²) in [5.74, 6) is 0.0641. The molecule has 7 heteroatoms. The third kappa shape index (κ3) is 4.28. The average molecular weight is 448 g/mol. The van der Waals surface area contributed by atoms with Crippen LogP contribution in [0.25, 0.3) is 17.0 Å². The molecule has 3 aromatic rings. The molecule has 1 saturated heterocycles. The van der Waals surface area contributed by atoms with Crippen molar-refractivity contribution in [3.8, 4) is 5.75 Å². The number of allylic oxidation sites excluding steroid dienone is 1. The largest absolute Gasteiger partial charge is 0.497 e. The number of nitrogens with one attached hydrogen (secondary N) is 1. The van der Waals surface area contributed by atoms with Crippen LogP contribution < -0.4 is 20.4 Å². The number of carbonyl (C=O) groups excluding carboxylic acids is 1. The van der Waals surface area contributed by atoms with Crippen LogP contribution in [0.5, 0.6) is 5.75 Å². The van der Waals surface area contributed by atoms with E-state index >= 15 is 4.39 Å². The van der Waals surface area contributed by atoms with Crippen LogP contribution in [-0.4, -0.2) is 43.6 Å². The number of aromatic nitrogens is 1. The topological polar surface area (TPSA) is 63.6 Å². The van der Waals surface area contributed by atoms with Crippen LogP contribution in [0.1, 0.15) is 34.8 Å². The lowest BCUT2D eigenvalue weighted by Gasteiger charge is -2.30. The van der Waals surface area contributed by atoms with Gasteiger partial charge < -0.3 is 19.5 Å².